The Hall–Kier alpha value is -0.610. The molecule has 0 saturated heterocycles. The number of hydrogen-bond acceptors (Lipinski definition) is 3. The first-order chi connectivity index (χ1) is 4.71. The molecule has 2 rings (SSSR count). The third-order valence-electron chi connectivity index (χ3n) is 1.85. The Kier molecular flexibility index (Phi) is 1.04. The van der Waals surface area contributed by atoms with Crippen molar-refractivity contribution < 1.29 is 0 Å². The highest BCUT2D eigenvalue weighted by molar-refractivity contribution is 7.07. The van der Waals surface area contributed by atoms with E-state index in [1.807, 2.05) is 5.38 Å². The number of H-pyrrole nitrogens is 1. The van der Waals surface area contributed by atoms with Crippen molar-refractivity contribution in [2.75, 3.05) is 0 Å². The minimum Gasteiger partial charge on any atom is -0.320 e. The van der Waals surface area contributed by atoms with E-state index in [-0.39, 0.29) is 10.4 Å². The monoisotopic (exact) mass is 156 g/mol. The SMILES string of the molecule is NC1(c2csc(=O)[nH]2)CC1. The van der Waals surface area contributed by atoms with Crippen LogP contribution in [-0.2, 0) is 5.54 Å². The minimum atomic E-state index is -0.181. The minimum absolute atomic E-state index is 0.00766. The Morgan fingerprint density at radius 3 is 2.80 bits per heavy atom. The van der Waals surface area contributed by atoms with Gasteiger partial charge in [0.05, 0.1) is 5.54 Å². The van der Waals surface area contributed by atoms with Gasteiger partial charge in [-0.2, -0.15) is 0 Å². The highest BCUT2D eigenvalue weighted by atomic mass is 32.1. The largest absolute Gasteiger partial charge is 0.320 e. The van der Waals surface area contributed by atoms with Crippen LogP contribution in [0.5, 0.6) is 0 Å². The second-order valence-corrected chi connectivity index (χ2v) is 3.56. The van der Waals surface area contributed by atoms with Crippen molar-refractivity contribution in [3.63, 3.8) is 0 Å². The summed E-state index contributed by atoms with van der Waals surface area (Å²) in [7, 11) is 0. The van der Waals surface area contributed by atoms with Crippen LogP contribution >= 0.6 is 11.3 Å². The molecule has 0 radical (unpaired) electrons. The average molecular weight is 156 g/mol. The van der Waals surface area contributed by atoms with Crippen LogP contribution in [0.1, 0.15) is 18.5 Å². The normalized spacial score (nSPS) is 20.9. The molecule has 1 heterocycles. The Balaban J connectivity index is 2.43. The van der Waals surface area contributed by atoms with Crippen LogP contribution in [-0.4, -0.2) is 4.98 Å². The molecular formula is C6H8N2OS. The van der Waals surface area contributed by atoms with E-state index in [0.29, 0.717) is 0 Å². The quantitative estimate of drug-likeness (QED) is 0.617. The van der Waals surface area contributed by atoms with Crippen LogP contribution in [0.15, 0.2) is 10.2 Å². The fraction of sp³-hybridized carbons (Fsp3) is 0.500. The van der Waals surface area contributed by atoms with E-state index in [0.717, 1.165) is 18.5 Å². The molecule has 10 heavy (non-hydrogen) atoms. The molecule has 0 spiro atoms. The second kappa shape index (κ2) is 1.71. The molecule has 1 aliphatic rings. The zero-order chi connectivity index (χ0) is 7.19. The number of aromatic nitrogens is 1. The third kappa shape index (κ3) is 0.803. The lowest BCUT2D eigenvalue weighted by Gasteiger charge is -2.01. The first kappa shape index (κ1) is 6.12. The smallest absolute Gasteiger partial charge is 0.304 e. The average Bonchev–Trinajstić information content (AvgIpc) is 2.45. The van der Waals surface area contributed by atoms with E-state index in [1.165, 1.54) is 11.3 Å². The molecule has 3 nitrogen and oxygen atoms in total. The molecule has 0 aromatic carbocycles. The zero-order valence-corrected chi connectivity index (χ0v) is 6.20. The third-order valence-corrected chi connectivity index (χ3v) is 2.52. The van der Waals surface area contributed by atoms with Crippen LogP contribution < -0.4 is 10.6 Å². The Bertz CT molecular complexity index is 297. The van der Waals surface area contributed by atoms with Crippen LogP contribution in [0, 0.1) is 0 Å². The molecule has 4 heteroatoms. The maximum Gasteiger partial charge on any atom is 0.304 e. The summed E-state index contributed by atoms with van der Waals surface area (Å²) in [4.78, 5) is 13.4. The van der Waals surface area contributed by atoms with Crippen molar-refractivity contribution in [1.82, 2.24) is 4.98 Å². The molecule has 1 saturated carbocycles. The molecule has 1 aliphatic carbocycles. The van der Waals surface area contributed by atoms with E-state index < -0.39 is 0 Å². The summed E-state index contributed by atoms with van der Waals surface area (Å²) in [6.07, 6.45) is 2.00. The number of nitrogens with two attached hydrogens (primary N) is 1. The molecule has 0 unspecified atom stereocenters. The van der Waals surface area contributed by atoms with Crippen molar-refractivity contribution in [3.05, 3.63) is 20.7 Å². The van der Waals surface area contributed by atoms with Gasteiger partial charge in [-0.1, -0.05) is 11.3 Å². The van der Waals surface area contributed by atoms with Gasteiger partial charge in [0, 0.05) is 11.1 Å². The lowest BCUT2D eigenvalue weighted by Crippen LogP contribution is -2.20. The summed E-state index contributed by atoms with van der Waals surface area (Å²) in [6.45, 7) is 0. The van der Waals surface area contributed by atoms with Crippen molar-refractivity contribution in [1.29, 1.82) is 0 Å². The summed E-state index contributed by atoms with van der Waals surface area (Å²) >= 11 is 1.18. The van der Waals surface area contributed by atoms with Crippen molar-refractivity contribution in [3.8, 4) is 0 Å². The van der Waals surface area contributed by atoms with Crippen LogP contribution in [0.4, 0.5) is 0 Å². The summed E-state index contributed by atoms with van der Waals surface area (Å²) in [5, 5.41) is 1.81. The first-order valence-electron chi connectivity index (χ1n) is 3.18. The lowest BCUT2D eigenvalue weighted by atomic mass is 10.2. The topological polar surface area (TPSA) is 58.9 Å². The summed E-state index contributed by atoms with van der Waals surface area (Å²) < 4.78 is 0. The number of hydrogen-bond donors (Lipinski definition) is 2. The predicted octanol–water partition coefficient (Wildman–Crippen LogP) is 0.384. The molecule has 1 aromatic rings. The molecular weight excluding hydrogens is 148 g/mol. The van der Waals surface area contributed by atoms with Gasteiger partial charge in [-0.3, -0.25) is 4.79 Å². The molecule has 0 atom stereocenters. The molecule has 3 N–H and O–H groups in total. The highest BCUT2D eigenvalue weighted by Gasteiger charge is 2.41. The summed E-state index contributed by atoms with van der Waals surface area (Å²) in [5.41, 5.74) is 6.54. The van der Waals surface area contributed by atoms with Crippen LogP contribution in [0.3, 0.4) is 0 Å². The predicted molar refractivity (Wildman–Crippen MR) is 40.0 cm³/mol. The van der Waals surface area contributed by atoms with E-state index in [9.17, 15) is 4.79 Å². The maximum absolute atomic E-state index is 10.7. The molecule has 0 bridgehead atoms. The fourth-order valence-electron chi connectivity index (χ4n) is 0.927. The standard InChI is InChI=1S/C6H8N2OS/c7-6(1-2-6)4-3-10-5(9)8-4/h3H,1-2,7H2,(H,8,9). The fourth-order valence-corrected chi connectivity index (χ4v) is 1.61. The van der Waals surface area contributed by atoms with E-state index in [2.05, 4.69) is 4.98 Å². The number of thiazole rings is 1. The van der Waals surface area contributed by atoms with E-state index in [1.54, 1.807) is 0 Å². The number of nitrogens with one attached hydrogen (secondary N) is 1. The van der Waals surface area contributed by atoms with Crippen molar-refractivity contribution >= 4 is 11.3 Å². The van der Waals surface area contributed by atoms with Gasteiger partial charge in [-0.15, -0.1) is 0 Å². The number of rotatable bonds is 1. The van der Waals surface area contributed by atoms with Gasteiger partial charge in [-0.05, 0) is 12.8 Å². The Morgan fingerprint density at radius 2 is 2.40 bits per heavy atom. The second-order valence-electron chi connectivity index (χ2n) is 2.72. The van der Waals surface area contributed by atoms with Crippen molar-refractivity contribution in [2.45, 2.75) is 18.4 Å². The van der Waals surface area contributed by atoms with Gasteiger partial charge < -0.3 is 10.7 Å². The Morgan fingerprint density at radius 1 is 1.70 bits per heavy atom. The molecule has 0 amide bonds. The van der Waals surface area contributed by atoms with Gasteiger partial charge >= 0.3 is 4.87 Å². The maximum atomic E-state index is 10.7. The zero-order valence-electron chi connectivity index (χ0n) is 5.39. The van der Waals surface area contributed by atoms with Gasteiger partial charge in [0.2, 0.25) is 0 Å². The van der Waals surface area contributed by atoms with E-state index in [4.69, 9.17) is 5.73 Å². The van der Waals surface area contributed by atoms with Gasteiger partial charge in [0.15, 0.2) is 0 Å². The summed E-state index contributed by atoms with van der Waals surface area (Å²) in [6, 6.07) is 0. The summed E-state index contributed by atoms with van der Waals surface area (Å²) in [5.74, 6) is 0. The molecule has 54 valence electrons. The van der Waals surface area contributed by atoms with Gasteiger partial charge in [0.1, 0.15) is 0 Å². The molecule has 1 fully saturated rings. The molecule has 1 aromatic heterocycles. The molecule has 0 aliphatic heterocycles. The van der Waals surface area contributed by atoms with Gasteiger partial charge in [0.25, 0.3) is 0 Å². The van der Waals surface area contributed by atoms with E-state index >= 15 is 0 Å². The van der Waals surface area contributed by atoms with Crippen molar-refractivity contribution in [2.24, 2.45) is 5.73 Å². The van der Waals surface area contributed by atoms with Crippen LogP contribution in [0.25, 0.3) is 0 Å². The van der Waals surface area contributed by atoms with Crippen LogP contribution in [0.2, 0.25) is 0 Å². The number of aromatic amines is 1. The first-order valence-corrected chi connectivity index (χ1v) is 4.06. The highest BCUT2D eigenvalue weighted by Crippen LogP contribution is 2.41. The lowest BCUT2D eigenvalue weighted by molar-refractivity contribution is 0.712. The Labute approximate surface area is 61.9 Å². The van der Waals surface area contributed by atoms with Gasteiger partial charge in [-0.25, -0.2) is 0 Å².